The summed E-state index contributed by atoms with van der Waals surface area (Å²) in [4.78, 5) is 12.1. The molecule has 148 valence electrons. The van der Waals surface area contributed by atoms with E-state index in [-0.39, 0.29) is 6.54 Å². The molecule has 0 aliphatic heterocycles. The van der Waals surface area contributed by atoms with Crippen molar-refractivity contribution in [3.8, 4) is 5.82 Å². The second kappa shape index (κ2) is 7.99. The molecule has 3 rings (SSSR count). The SMILES string of the molecule is CCCNS(=O)(=O)NC(=O)C=Cc1c(C)nn(C)c1-n1ccc2ccccc21. The van der Waals surface area contributed by atoms with Crippen LogP contribution in [0.2, 0.25) is 0 Å². The van der Waals surface area contributed by atoms with E-state index in [4.69, 9.17) is 0 Å². The lowest BCUT2D eigenvalue weighted by Crippen LogP contribution is -2.39. The smallest absolute Gasteiger partial charge is 0.301 e. The molecule has 2 aromatic heterocycles. The van der Waals surface area contributed by atoms with E-state index in [0.29, 0.717) is 6.42 Å². The molecule has 3 aromatic rings. The summed E-state index contributed by atoms with van der Waals surface area (Å²) >= 11 is 0. The molecule has 0 aliphatic rings. The number of aryl methyl sites for hydroxylation is 2. The highest BCUT2D eigenvalue weighted by molar-refractivity contribution is 7.88. The van der Waals surface area contributed by atoms with Gasteiger partial charge >= 0.3 is 10.2 Å². The Labute approximate surface area is 164 Å². The molecule has 0 saturated heterocycles. The molecule has 0 fully saturated rings. The summed E-state index contributed by atoms with van der Waals surface area (Å²) in [7, 11) is -2.03. The third kappa shape index (κ3) is 4.15. The van der Waals surface area contributed by atoms with Crippen LogP contribution in [0.4, 0.5) is 0 Å². The first-order chi connectivity index (χ1) is 13.3. The van der Waals surface area contributed by atoms with Crippen molar-refractivity contribution in [3.63, 3.8) is 0 Å². The van der Waals surface area contributed by atoms with E-state index < -0.39 is 16.1 Å². The highest BCUT2D eigenvalue weighted by Gasteiger charge is 2.16. The zero-order valence-corrected chi connectivity index (χ0v) is 16.8. The van der Waals surface area contributed by atoms with Crippen LogP contribution in [0, 0.1) is 6.92 Å². The van der Waals surface area contributed by atoms with Crippen molar-refractivity contribution in [2.24, 2.45) is 7.05 Å². The van der Waals surface area contributed by atoms with Crippen molar-refractivity contribution in [1.29, 1.82) is 0 Å². The molecule has 9 heteroatoms. The van der Waals surface area contributed by atoms with Crippen molar-refractivity contribution in [2.75, 3.05) is 6.54 Å². The van der Waals surface area contributed by atoms with Gasteiger partial charge in [-0.2, -0.15) is 18.2 Å². The Balaban J connectivity index is 1.92. The molecule has 1 amide bonds. The quantitative estimate of drug-likeness (QED) is 0.592. The molecule has 0 bridgehead atoms. The Kier molecular flexibility index (Phi) is 5.66. The third-order valence-electron chi connectivity index (χ3n) is 4.24. The van der Waals surface area contributed by atoms with Crippen molar-refractivity contribution in [3.05, 3.63) is 53.9 Å². The second-order valence-electron chi connectivity index (χ2n) is 6.39. The number of hydrogen-bond acceptors (Lipinski definition) is 4. The molecular formula is C19H23N5O3S. The topological polar surface area (TPSA) is 98.0 Å². The standard InChI is InChI=1S/C19H23N5O3S/c1-4-12-20-28(26,27)22-18(25)10-9-16-14(2)21-23(3)19(16)24-13-11-15-7-5-6-8-17(15)24/h5-11,13,20H,4,12H2,1-3H3,(H,22,25). The van der Waals surface area contributed by atoms with Crippen molar-refractivity contribution in [2.45, 2.75) is 20.3 Å². The Morgan fingerprint density at radius 3 is 2.75 bits per heavy atom. The summed E-state index contributed by atoms with van der Waals surface area (Å²) in [5, 5.41) is 5.53. The second-order valence-corrected chi connectivity index (χ2v) is 7.89. The number of hydrogen-bond donors (Lipinski definition) is 2. The molecule has 1 aromatic carbocycles. The predicted octanol–water partition coefficient (Wildman–Crippen LogP) is 2.05. The Morgan fingerprint density at radius 2 is 2.00 bits per heavy atom. The molecule has 0 radical (unpaired) electrons. The summed E-state index contributed by atoms with van der Waals surface area (Å²) in [5.41, 5.74) is 2.47. The third-order valence-corrected chi connectivity index (χ3v) is 5.30. The van der Waals surface area contributed by atoms with Gasteiger partial charge in [0.15, 0.2) is 0 Å². The van der Waals surface area contributed by atoms with Crippen LogP contribution < -0.4 is 9.44 Å². The van der Waals surface area contributed by atoms with Gasteiger partial charge in [0.2, 0.25) is 0 Å². The van der Waals surface area contributed by atoms with Crippen LogP contribution in [-0.2, 0) is 22.1 Å². The fourth-order valence-corrected chi connectivity index (χ4v) is 3.89. The van der Waals surface area contributed by atoms with Crippen LogP contribution in [0.5, 0.6) is 0 Å². The maximum Gasteiger partial charge on any atom is 0.301 e. The van der Waals surface area contributed by atoms with E-state index in [1.54, 1.807) is 10.8 Å². The first kappa shape index (κ1) is 19.8. The minimum Gasteiger partial charge on any atom is -0.301 e. The van der Waals surface area contributed by atoms with Gasteiger partial charge in [-0.15, -0.1) is 0 Å². The fourth-order valence-electron chi connectivity index (χ4n) is 3.01. The number of para-hydroxylation sites is 1. The average Bonchev–Trinajstić information content (AvgIpc) is 3.17. The van der Waals surface area contributed by atoms with Crippen molar-refractivity contribution in [1.82, 2.24) is 23.8 Å². The van der Waals surface area contributed by atoms with E-state index in [9.17, 15) is 13.2 Å². The number of amides is 1. The Hall–Kier alpha value is -2.91. The summed E-state index contributed by atoms with van der Waals surface area (Å²) in [6.45, 7) is 3.94. The highest BCUT2D eigenvalue weighted by Crippen LogP contribution is 2.25. The lowest BCUT2D eigenvalue weighted by Gasteiger charge is -2.08. The molecule has 0 aliphatic carbocycles. The van der Waals surface area contributed by atoms with E-state index in [2.05, 4.69) is 9.82 Å². The summed E-state index contributed by atoms with van der Waals surface area (Å²) in [6.07, 6.45) is 5.35. The lowest BCUT2D eigenvalue weighted by molar-refractivity contribution is -0.114. The zero-order valence-electron chi connectivity index (χ0n) is 16.0. The number of carbonyl (C=O) groups excluding carboxylic acids is 1. The molecule has 28 heavy (non-hydrogen) atoms. The highest BCUT2D eigenvalue weighted by atomic mass is 32.2. The normalized spacial score (nSPS) is 12.1. The maximum absolute atomic E-state index is 12.1. The molecule has 2 heterocycles. The summed E-state index contributed by atoms with van der Waals surface area (Å²) in [5.74, 6) is 0.0601. The van der Waals surface area contributed by atoms with Gasteiger partial charge in [0.05, 0.1) is 11.2 Å². The van der Waals surface area contributed by atoms with Gasteiger partial charge in [-0.05, 0) is 36.9 Å². The Morgan fingerprint density at radius 1 is 1.25 bits per heavy atom. The van der Waals surface area contributed by atoms with Crippen LogP contribution in [0.1, 0.15) is 24.6 Å². The predicted molar refractivity (Wildman–Crippen MR) is 109 cm³/mol. The largest absolute Gasteiger partial charge is 0.301 e. The molecule has 0 unspecified atom stereocenters. The monoisotopic (exact) mass is 401 g/mol. The summed E-state index contributed by atoms with van der Waals surface area (Å²) < 4.78 is 31.6. The van der Waals surface area contributed by atoms with Gasteiger partial charge in [-0.25, -0.2) is 4.72 Å². The van der Waals surface area contributed by atoms with Gasteiger partial charge in [-0.3, -0.25) is 9.48 Å². The number of fused-ring (bicyclic) bond motifs is 1. The van der Waals surface area contributed by atoms with Gasteiger partial charge in [0.25, 0.3) is 5.91 Å². The molecule has 0 saturated carbocycles. The minimum atomic E-state index is -3.86. The first-order valence-corrected chi connectivity index (χ1v) is 10.4. The fraction of sp³-hybridized carbons (Fsp3) is 0.263. The average molecular weight is 401 g/mol. The van der Waals surface area contributed by atoms with Gasteiger partial charge < -0.3 is 4.57 Å². The van der Waals surface area contributed by atoms with Crippen LogP contribution >= 0.6 is 0 Å². The molecule has 2 N–H and O–H groups in total. The minimum absolute atomic E-state index is 0.263. The number of carbonyl (C=O) groups is 1. The number of aromatic nitrogens is 3. The lowest BCUT2D eigenvalue weighted by atomic mass is 10.2. The van der Waals surface area contributed by atoms with Crippen LogP contribution in [0.15, 0.2) is 42.6 Å². The van der Waals surface area contributed by atoms with E-state index in [1.807, 2.05) is 66.7 Å². The van der Waals surface area contributed by atoms with E-state index in [0.717, 1.165) is 28.0 Å². The van der Waals surface area contributed by atoms with E-state index >= 15 is 0 Å². The number of nitrogens with one attached hydrogen (secondary N) is 2. The van der Waals surface area contributed by atoms with Crippen molar-refractivity contribution < 1.29 is 13.2 Å². The van der Waals surface area contributed by atoms with Gasteiger partial charge in [0, 0.05) is 31.4 Å². The summed E-state index contributed by atoms with van der Waals surface area (Å²) in [6, 6.07) is 9.96. The first-order valence-electron chi connectivity index (χ1n) is 8.92. The number of benzene rings is 1. The maximum atomic E-state index is 12.1. The zero-order chi connectivity index (χ0) is 20.3. The molecule has 8 nitrogen and oxygen atoms in total. The molecular weight excluding hydrogens is 378 g/mol. The number of rotatable bonds is 7. The van der Waals surface area contributed by atoms with E-state index in [1.165, 1.54) is 6.08 Å². The van der Waals surface area contributed by atoms with Gasteiger partial charge in [0.1, 0.15) is 5.82 Å². The van der Waals surface area contributed by atoms with Crippen LogP contribution in [-0.4, -0.2) is 35.2 Å². The van der Waals surface area contributed by atoms with Crippen molar-refractivity contribution >= 4 is 33.1 Å². The van der Waals surface area contributed by atoms with Crippen LogP contribution in [0.25, 0.3) is 22.8 Å². The number of nitrogens with zero attached hydrogens (tertiary/aromatic N) is 3. The van der Waals surface area contributed by atoms with Crippen LogP contribution in [0.3, 0.4) is 0 Å². The molecule has 0 spiro atoms. The van der Waals surface area contributed by atoms with Gasteiger partial charge in [-0.1, -0.05) is 25.1 Å². The Bertz CT molecular complexity index is 1140. The molecule has 0 atom stereocenters.